The number of nitrogens with one attached hydrogen (secondary N) is 1. The van der Waals surface area contributed by atoms with Gasteiger partial charge < -0.3 is 9.88 Å². The van der Waals surface area contributed by atoms with Crippen molar-refractivity contribution in [3.8, 4) is 0 Å². The van der Waals surface area contributed by atoms with Gasteiger partial charge in [-0.25, -0.2) is 4.98 Å². The minimum Gasteiger partial charge on any atom is -0.331 e. The molecular weight excluding hydrogens is 234 g/mol. The fraction of sp³-hybridized carbons (Fsp3) is 0.812. The van der Waals surface area contributed by atoms with E-state index in [-0.39, 0.29) is 5.54 Å². The maximum atomic E-state index is 4.31. The molecule has 0 amide bonds. The van der Waals surface area contributed by atoms with Gasteiger partial charge in [-0.1, -0.05) is 26.7 Å². The van der Waals surface area contributed by atoms with Crippen molar-refractivity contribution in [2.75, 3.05) is 0 Å². The molecule has 1 aromatic heterocycles. The average molecular weight is 265 g/mol. The lowest BCUT2D eigenvalue weighted by molar-refractivity contribution is 0.397. The van der Waals surface area contributed by atoms with Crippen molar-refractivity contribution in [3.63, 3.8) is 0 Å². The highest BCUT2D eigenvalue weighted by atomic mass is 15.1. The Kier molecular flexibility index (Phi) is 6.05. The van der Waals surface area contributed by atoms with Gasteiger partial charge in [-0.05, 0) is 40.0 Å². The van der Waals surface area contributed by atoms with Crippen molar-refractivity contribution in [3.05, 3.63) is 18.2 Å². The standard InChI is InChI=1S/C16H31N3/c1-13(2)8-7-9-14(3)19-12-17-10-15(19)11-18-16(4,5)6/h10,12-14,18H,7-9,11H2,1-6H3. The zero-order chi connectivity index (χ0) is 14.5. The molecule has 0 fully saturated rings. The van der Waals surface area contributed by atoms with E-state index >= 15 is 0 Å². The summed E-state index contributed by atoms with van der Waals surface area (Å²) < 4.78 is 2.32. The van der Waals surface area contributed by atoms with Crippen LogP contribution in [0.5, 0.6) is 0 Å². The van der Waals surface area contributed by atoms with Crippen molar-refractivity contribution in [1.29, 1.82) is 0 Å². The molecule has 3 nitrogen and oxygen atoms in total. The Morgan fingerprint density at radius 1 is 1.21 bits per heavy atom. The molecule has 0 radical (unpaired) electrons. The molecule has 110 valence electrons. The molecule has 0 aromatic carbocycles. The van der Waals surface area contributed by atoms with E-state index in [4.69, 9.17) is 0 Å². The second kappa shape index (κ2) is 7.09. The maximum absolute atomic E-state index is 4.31. The van der Waals surface area contributed by atoms with E-state index in [9.17, 15) is 0 Å². The molecule has 1 rings (SSSR count). The first kappa shape index (κ1) is 16.2. The predicted molar refractivity (Wildman–Crippen MR) is 82.2 cm³/mol. The smallest absolute Gasteiger partial charge is 0.0951 e. The van der Waals surface area contributed by atoms with Gasteiger partial charge in [-0.2, -0.15) is 0 Å². The monoisotopic (exact) mass is 265 g/mol. The van der Waals surface area contributed by atoms with Crippen molar-refractivity contribution in [1.82, 2.24) is 14.9 Å². The first-order chi connectivity index (χ1) is 8.79. The average Bonchev–Trinajstić information content (AvgIpc) is 2.72. The topological polar surface area (TPSA) is 29.9 Å². The molecular formula is C16H31N3. The highest BCUT2D eigenvalue weighted by Gasteiger charge is 2.13. The van der Waals surface area contributed by atoms with Gasteiger partial charge in [-0.15, -0.1) is 0 Å². The van der Waals surface area contributed by atoms with E-state index in [2.05, 4.69) is 56.4 Å². The minimum atomic E-state index is 0.149. The summed E-state index contributed by atoms with van der Waals surface area (Å²) in [6.07, 6.45) is 7.80. The molecule has 0 saturated heterocycles. The van der Waals surface area contributed by atoms with Gasteiger partial charge in [0, 0.05) is 24.3 Å². The van der Waals surface area contributed by atoms with Gasteiger partial charge in [0.1, 0.15) is 0 Å². The van der Waals surface area contributed by atoms with Crippen LogP contribution in [-0.4, -0.2) is 15.1 Å². The number of hydrogen-bond donors (Lipinski definition) is 1. The van der Waals surface area contributed by atoms with Crippen LogP contribution >= 0.6 is 0 Å². The van der Waals surface area contributed by atoms with Crippen LogP contribution in [0, 0.1) is 5.92 Å². The zero-order valence-electron chi connectivity index (χ0n) is 13.5. The molecule has 0 bridgehead atoms. The van der Waals surface area contributed by atoms with Crippen LogP contribution in [0.3, 0.4) is 0 Å². The van der Waals surface area contributed by atoms with E-state index in [0.717, 1.165) is 12.5 Å². The second-order valence-corrected chi connectivity index (χ2v) is 7.07. The molecule has 1 aromatic rings. The van der Waals surface area contributed by atoms with Gasteiger partial charge >= 0.3 is 0 Å². The fourth-order valence-corrected chi connectivity index (χ4v) is 2.18. The normalized spacial score (nSPS) is 14.1. The first-order valence-corrected chi connectivity index (χ1v) is 7.55. The summed E-state index contributed by atoms with van der Waals surface area (Å²) in [5, 5.41) is 3.53. The molecule has 0 saturated carbocycles. The van der Waals surface area contributed by atoms with Crippen LogP contribution in [-0.2, 0) is 6.54 Å². The summed E-state index contributed by atoms with van der Waals surface area (Å²) in [5.74, 6) is 0.803. The number of aromatic nitrogens is 2. The maximum Gasteiger partial charge on any atom is 0.0951 e. The summed E-state index contributed by atoms with van der Waals surface area (Å²) in [7, 11) is 0. The molecule has 19 heavy (non-hydrogen) atoms. The van der Waals surface area contributed by atoms with Crippen LogP contribution < -0.4 is 5.32 Å². The molecule has 0 spiro atoms. The molecule has 0 aliphatic rings. The Hall–Kier alpha value is -0.830. The fourth-order valence-electron chi connectivity index (χ4n) is 2.18. The molecule has 1 N–H and O–H groups in total. The Labute approximate surface area is 118 Å². The Morgan fingerprint density at radius 2 is 1.89 bits per heavy atom. The minimum absolute atomic E-state index is 0.149. The predicted octanol–water partition coefficient (Wildman–Crippen LogP) is 4.16. The third-order valence-electron chi connectivity index (χ3n) is 3.42. The van der Waals surface area contributed by atoms with Gasteiger partial charge in [-0.3, -0.25) is 0 Å². The van der Waals surface area contributed by atoms with E-state index in [1.54, 1.807) is 0 Å². The largest absolute Gasteiger partial charge is 0.331 e. The Bertz CT molecular complexity index is 360. The third-order valence-corrected chi connectivity index (χ3v) is 3.42. The summed E-state index contributed by atoms with van der Waals surface area (Å²) in [5.41, 5.74) is 1.43. The van der Waals surface area contributed by atoms with Crippen LogP contribution in [0.1, 0.15) is 72.5 Å². The number of rotatable bonds is 7. The van der Waals surface area contributed by atoms with Gasteiger partial charge in [0.15, 0.2) is 0 Å². The quantitative estimate of drug-likeness (QED) is 0.802. The molecule has 1 atom stereocenters. The lowest BCUT2D eigenvalue weighted by Crippen LogP contribution is -2.35. The van der Waals surface area contributed by atoms with E-state index in [0.29, 0.717) is 6.04 Å². The number of imidazole rings is 1. The highest BCUT2D eigenvalue weighted by molar-refractivity contribution is 5.00. The van der Waals surface area contributed by atoms with Crippen LogP contribution in [0.4, 0.5) is 0 Å². The summed E-state index contributed by atoms with van der Waals surface area (Å²) in [6, 6.07) is 0.540. The zero-order valence-corrected chi connectivity index (χ0v) is 13.5. The Morgan fingerprint density at radius 3 is 2.47 bits per heavy atom. The molecule has 0 aliphatic heterocycles. The second-order valence-electron chi connectivity index (χ2n) is 7.07. The SMILES string of the molecule is CC(C)CCCC(C)n1cncc1CNC(C)(C)C. The van der Waals surface area contributed by atoms with Gasteiger partial charge in [0.25, 0.3) is 0 Å². The third kappa shape index (κ3) is 6.24. The van der Waals surface area contributed by atoms with Crippen molar-refractivity contribution >= 4 is 0 Å². The lowest BCUT2D eigenvalue weighted by atomic mass is 10.0. The van der Waals surface area contributed by atoms with Crippen LogP contribution in [0.15, 0.2) is 12.5 Å². The summed E-state index contributed by atoms with van der Waals surface area (Å²) >= 11 is 0. The van der Waals surface area contributed by atoms with E-state index in [1.165, 1.54) is 25.0 Å². The molecule has 1 unspecified atom stereocenters. The number of nitrogens with zero attached hydrogens (tertiary/aromatic N) is 2. The lowest BCUT2D eigenvalue weighted by Gasteiger charge is -2.22. The van der Waals surface area contributed by atoms with Gasteiger partial charge in [0.05, 0.1) is 12.0 Å². The van der Waals surface area contributed by atoms with Crippen LogP contribution in [0.2, 0.25) is 0 Å². The summed E-state index contributed by atoms with van der Waals surface area (Å²) in [6.45, 7) is 14.3. The van der Waals surface area contributed by atoms with E-state index in [1.807, 2.05) is 12.5 Å². The van der Waals surface area contributed by atoms with Crippen molar-refractivity contribution < 1.29 is 0 Å². The highest BCUT2D eigenvalue weighted by Crippen LogP contribution is 2.19. The van der Waals surface area contributed by atoms with Gasteiger partial charge in [0.2, 0.25) is 0 Å². The molecule has 1 heterocycles. The number of hydrogen-bond acceptors (Lipinski definition) is 2. The van der Waals surface area contributed by atoms with Crippen molar-refractivity contribution in [2.45, 2.75) is 78.9 Å². The van der Waals surface area contributed by atoms with Crippen LogP contribution in [0.25, 0.3) is 0 Å². The van der Waals surface area contributed by atoms with E-state index < -0.39 is 0 Å². The molecule has 0 aliphatic carbocycles. The first-order valence-electron chi connectivity index (χ1n) is 7.55. The summed E-state index contributed by atoms with van der Waals surface area (Å²) in [4.78, 5) is 4.31. The Balaban J connectivity index is 2.51. The molecule has 3 heteroatoms. The van der Waals surface area contributed by atoms with Crippen molar-refractivity contribution in [2.24, 2.45) is 5.92 Å².